The number of nitrogens with zero attached hydrogens (tertiary/aromatic N) is 4. The first kappa shape index (κ1) is 16.0. The molecule has 2 aromatic rings. The molecule has 0 aliphatic carbocycles. The van der Waals surface area contributed by atoms with Crippen LogP contribution in [-0.4, -0.2) is 29.7 Å². The van der Waals surface area contributed by atoms with E-state index in [4.69, 9.17) is 0 Å². The predicted octanol–water partition coefficient (Wildman–Crippen LogP) is 1.08. The summed E-state index contributed by atoms with van der Waals surface area (Å²) in [6.45, 7) is 7.60. The van der Waals surface area contributed by atoms with Gasteiger partial charge in [0.2, 0.25) is 0 Å². The smallest absolute Gasteiger partial charge is 0.309 e. The molecular weight excluding hydrogens is 316 g/mol. The van der Waals surface area contributed by atoms with Crippen molar-refractivity contribution in [3.05, 3.63) is 20.8 Å². The van der Waals surface area contributed by atoms with Crippen LogP contribution in [0.5, 0.6) is 0 Å². The van der Waals surface area contributed by atoms with Crippen LogP contribution in [0.15, 0.2) is 14.7 Å². The van der Waals surface area contributed by atoms with Crippen molar-refractivity contribution < 1.29 is 4.79 Å². The van der Waals surface area contributed by atoms with E-state index in [2.05, 4.69) is 4.98 Å². The third-order valence-corrected chi connectivity index (χ3v) is 5.70. The Morgan fingerprint density at radius 3 is 2.35 bits per heavy atom. The topological polar surface area (TPSA) is 78.9 Å². The van der Waals surface area contributed by atoms with Crippen molar-refractivity contribution in [1.82, 2.24) is 18.7 Å². The minimum absolute atomic E-state index is 0.135. The van der Waals surface area contributed by atoms with E-state index in [1.807, 2.05) is 27.7 Å². The molecule has 2 aromatic heterocycles. The lowest BCUT2D eigenvalue weighted by Crippen LogP contribution is -2.38. The van der Waals surface area contributed by atoms with Crippen LogP contribution in [0.2, 0.25) is 0 Å². The second kappa shape index (κ2) is 4.83. The SMILES string of the molecule is C[C@H]1[C@@H](C(=O)C(C)(C)C)Sc2nc3c(c(=O)n(C)c(=O)n3C)n21. The molecule has 0 radical (unpaired) electrons. The molecule has 0 fully saturated rings. The van der Waals surface area contributed by atoms with Crippen LogP contribution in [0.3, 0.4) is 0 Å². The van der Waals surface area contributed by atoms with Crippen LogP contribution in [0.4, 0.5) is 0 Å². The fourth-order valence-electron chi connectivity index (χ4n) is 2.90. The van der Waals surface area contributed by atoms with Crippen molar-refractivity contribution in [2.45, 2.75) is 44.1 Å². The number of rotatable bonds is 1. The van der Waals surface area contributed by atoms with Gasteiger partial charge in [0.05, 0.1) is 11.3 Å². The number of hydrogen-bond acceptors (Lipinski definition) is 5. The van der Waals surface area contributed by atoms with E-state index in [9.17, 15) is 14.4 Å². The molecule has 0 amide bonds. The van der Waals surface area contributed by atoms with E-state index < -0.39 is 11.1 Å². The summed E-state index contributed by atoms with van der Waals surface area (Å²) in [5.41, 5.74) is -0.482. The van der Waals surface area contributed by atoms with Gasteiger partial charge in [-0.25, -0.2) is 9.78 Å². The fourth-order valence-corrected chi connectivity index (χ4v) is 4.42. The largest absolute Gasteiger partial charge is 0.332 e. The Morgan fingerprint density at radius 2 is 1.78 bits per heavy atom. The highest BCUT2D eigenvalue weighted by atomic mass is 32.2. The van der Waals surface area contributed by atoms with E-state index in [1.54, 1.807) is 11.6 Å². The molecule has 0 saturated carbocycles. The lowest BCUT2D eigenvalue weighted by molar-refractivity contribution is -0.126. The number of imidazole rings is 1. The lowest BCUT2D eigenvalue weighted by atomic mass is 9.87. The average molecular weight is 336 g/mol. The standard InChI is InChI=1S/C15H20N4O3S/c1-7-9(10(20)15(2,3)4)23-13-16-11-8(19(7)13)12(21)18(6)14(22)17(11)5/h7,9H,1-6H3/t7-,9-/m0/s1. The first-order valence-corrected chi connectivity index (χ1v) is 8.32. The van der Waals surface area contributed by atoms with Crippen LogP contribution in [0.1, 0.15) is 33.7 Å². The Hall–Kier alpha value is -1.83. The van der Waals surface area contributed by atoms with E-state index >= 15 is 0 Å². The molecular formula is C15H20N4O3S. The molecule has 0 bridgehead atoms. The number of carbonyl (C=O) groups is 1. The summed E-state index contributed by atoms with van der Waals surface area (Å²) in [7, 11) is 3.05. The van der Waals surface area contributed by atoms with Crippen molar-refractivity contribution in [2.24, 2.45) is 19.5 Å². The van der Waals surface area contributed by atoms with Crippen molar-refractivity contribution in [1.29, 1.82) is 0 Å². The van der Waals surface area contributed by atoms with E-state index in [0.29, 0.717) is 16.3 Å². The Balaban J connectivity index is 2.24. The molecule has 0 saturated heterocycles. The highest BCUT2D eigenvalue weighted by Gasteiger charge is 2.42. The second-order valence-electron chi connectivity index (χ2n) is 7.04. The van der Waals surface area contributed by atoms with Gasteiger partial charge in [0.25, 0.3) is 5.56 Å². The molecule has 0 aromatic carbocycles. The van der Waals surface area contributed by atoms with E-state index in [0.717, 1.165) is 4.57 Å². The highest BCUT2D eigenvalue weighted by Crippen LogP contribution is 2.44. The minimum atomic E-state index is -0.455. The molecule has 7 nitrogen and oxygen atoms in total. The zero-order valence-corrected chi connectivity index (χ0v) is 14.9. The number of fused-ring (bicyclic) bond motifs is 3. The summed E-state index contributed by atoms with van der Waals surface area (Å²) in [4.78, 5) is 41.7. The molecule has 0 spiro atoms. The summed E-state index contributed by atoms with van der Waals surface area (Å²) in [5.74, 6) is 0.135. The molecule has 23 heavy (non-hydrogen) atoms. The number of ketones is 1. The molecule has 3 rings (SSSR count). The van der Waals surface area contributed by atoms with Crippen LogP contribution in [-0.2, 0) is 18.9 Å². The van der Waals surface area contributed by atoms with E-state index in [1.165, 1.54) is 23.4 Å². The van der Waals surface area contributed by atoms with Gasteiger partial charge in [0.15, 0.2) is 22.1 Å². The maximum atomic E-state index is 12.7. The number of thioether (sulfide) groups is 1. The number of hydrogen-bond donors (Lipinski definition) is 0. The van der Waals surface area contributed by atoms with Crippen molar-refractivity contribution in [3.8, 4) is 0 Å². The van der Waals surface area contributed by atoms with Crippen LogP contribution < -0.4 is 11.2 Å². The van der Waals surface area contributed by atoms with Gasteiger partial charge < -0.3 is 4.57 Å². The monoisotopic (exact) mass is 336 g/mol. The van der Waals surface area contributed by atoms with Gasteiger partial charge in [-0.3, -0.25) is 18.7 Å². The maximum Gasteiger partial charge on any atom is 0.332 e. The van der Waals surface area contributed by atoms with Gasteiger partial charge in [0, 0.05) is 19.5 Å². The van der Waals surface area contributed by atoms with Gasteiger partial charge in [-0.15, -0.1) is 0 Å². The zero-order chi connectivity index (χ0) is 17.3. The highest BCUT2D eigenvalue weighted by molar-refractivity contribution is 8.00. The third kappa shape index (κ3) is 2.11. The summed E-state index contributed by atoms with van der Waals surface area (Å²) in [6, 6.07) is -0.183. The third-order valence-electron chi connectivity index (χ3n) is 4.33. The van der Waals surface area contributed by atoms with Crippen molar-refractivity contribution in [2.75, 3.05) is 0 Å². The van der Waals surface area contributed by atoms with Crippen molar-refractivity contribution in [3.63, 3.8) is 0 Å². The summed E-state index contributed by atoms with van der Waals surface area (Å²) in [5, 5.41) is 0.345. The van der Waals surface area contributed by atoms with E-state index in [-0.39, 0.29) is 22.6 Å². The molecule has 0 unspecified atom stereocenters. The Bertz CT molecular complexity index is 945. The van der Waals surface area contributed by atoms with Gasteiger partial charge in [-0.2, -0.15) is 0 Å². The first-order chi connectivity index (χ1) is 10.6. The minimum Gasteiger partial charge on any atom is -0.309 e. The fraction of sp³-hybridized carbons (Fsp3) is 0.600. The van der Waals surface area contributed by atoms with Crippen LogP contribution >= 0.6 is 11.8 Å². The first-order valence-electron chi connectivity index (χ1n) is 7.44. The average Bonchev–Trinajstić information content (AvgIpc) is 2.98. The Morgan fingerprint density at radius 1 is 1.17 bits per heavy atom. The molecule has 0 N–H and O–H groups in total. The molecule has 2 atom stereocenters. The normalized spacial score (nSPS) is 21.0. The summed E-state index contributed by atoms with van der Waals surface area (Å²) < 4.78 is 4.25. The van der Waals surface area contributed by atoms with Crippen molar-refractivity contribution >= 4 is 28.7 Å². The van der Waals surface area contributed by atoms with Crippen LogP contribution in [0.25, 0.3) is 11.2 Å². The van der Waals surface area contributed by atoms with Gasteiger partial charge in [0.1, 0.15) is 0 Å². The van der Waals surface area contributed by atoms with Gasteiger partial charge in [-0.1, -0.05) is 32.5 Å². The van der Waals surface area contributed by atoms with Gasteiger partial charge in [-0.05, 0) is 6.92 Å². The summed E-state index contributed by atoms with van der Waals surface area (Å²) >= 11 is 1.37. The Labute approximate surface area is 137 Å². The Kier molecular flexibility index (Phi) is 3.37. The molecule has 124 valence electrons. The predicted molar refractivity (Wildman–Crippen MR) is 89.0 cm³/mol. The van der Waals surface area contributed by atoms with Gasteiger partial charge >= 0.3 is 5.69 Å². The lowest BCUT2D eigenvalue weighted by Gasteiger charge is -2.24. The molecule has 1 aliphatic heterocycles. The number of aromatic nitrogens is 4. The maximum absolute atomic E-state index is 12.7. The zero-order valence-electron chi connectivity index (χ0n) is 14.1. The molecule has 1 aliphatic rings. The number of aryl methyl sites for hydroxylation is 1. The number of carbonyl (C=O) groups excluding carboxylic acids is 1. The van der Waals surface area contributed by atoms with Crippen LogP contribution in [0, 0.1) is 5.41 Å². The molecule has 3 heterocycles. The quantitative estimate of drug-likeness (QED) is 0.779. The molecule has 8 heteroatoms. The summed E-state index contributed by atoms with van der Waals surface area (Å²) in [6.07, 6.45) is 0. The second-order valence-corrected chi connectivity index (χ2v) is 8.14. The number of Topliss-reactive ketones (excluding diaryl/α,β-unsaturated/α-hetero) is 1.